The molecule has 0 radical (unpaired) electrons. The van der Waals surface area contributed by atoms with Gasteiger partial charge in [0.15, 0.2) is 0 Å². The molecule has 1 amide bonds. The van der Waals surface area contributed by atoms with E-state index in [2.05, 4.69) is 0 Å². The van der Waals surface area contributed by atoms with Gasteiger partial charge in [0.2, 0.25) is 0 Å². The third kappa shape index (κ3) is 3.99. The number of benzene rings is 2. The van der Waals surface area contributed by atoms with Gasteiger partial charge in [-0.2, -0.15) is 0 Å². The molecule has 0 aromatic heterocycles. The summed E-state index contributed by atoms with van der Waals surface area (Å²) >= 11 is 0. The molecule has 1 heterocycles. The van der Waals surface area contributed by atoms with Gasteiger partial charge < -0.3 is 14.9 Å². The molecule has 1 fully saturated rings. The number of ketones is 1. The van der Waals surface area contributed by atoms with Crippen LogP contribution in [0.5, 0.6) is 0 Å². The van der Waals surface area contributed by atoms with Gasteiger partial charge in [0.25, 0.3) is 11.7 Å². The maximum atomic E-state index is 12.9. The van der Waals surface area contributed by atoms with Crippen molar-refractivity contribution in [2.75, 3.05) is 27.2 Å². The van der Waals surface area contributed by atoms with Crippen LogP contribution in [0.2, 0.25) is 0 Å². The third-order valence-corrected chi connectivity index (χ3v) is 4.98. The van der Waals surface area contributed by atoms with E-state index in [1.54, 1.807) is 29.2 Å². The smallest absolute Gasteiger partial charge is 0.295 e. The first kappa shape index (κ1) is 19.8. The summed E-state index contributed by atoms with van der Waals surface area (Å²) in [6, 6.07) is 16.1. The topological polar surface area (TPSA) is 60.9 Å². The standard InChI is InChI=1S/C23H26N2O3/c1-16-10-12-17(13-11-16)20-19(21(26)18-8-5-4-6-9-18)22(27)23(28)25(20)15-7-14-24(2)3/h4-6,8-13,20,26H,7,14-15H2,1-3H3/t20-/m0/s1. The quantitative estimate of drug-likeness (QED) is 0.476. The van der Waals surface area contributed by atoms with Crippen LogP contribution < -0.4 is 0 Å². The molecule has 5 nitrogen and oxygen atoms in total. The number of Topliss-reactive ketones (excluding diaryl/α,β-unsaturated/α-hetero) is 1. The fraction of sp³-hybridized carbons (Fsp3) is 0.304. The number of aliphatic hydroxyl groups is 1. The molecule has 0 unspecified atom stereocenters. The van der Waals surface area contributed by atoms with E-state index in [4.69, 9.17) is 0 Å². The molecule has 0 aliphatic carbocycles. The Kier molecular flexibility index (Phi) is 5.95. The Bertz CT molecular complexity index is 886. The van der Waals surface area contributed by atoms with Crippen molar-refractivity contribution in [1.82, 2.24) is 9.80 Å². The fourth-order valence-electron chi connectivity index (χ4n) is 3.51. The van der Waals surface area contributed by atoms with Crippen LogP contribution in [-0.4, -0.2) is 53.8 Å². The van der Waals surface area contributed by atoms with E-state index >= 15 is 0 Å². The van der Waals surface area contributed by atoms with Crippen molar-refractivity contribution in [3.8, 4) is 0 Å². The molecule has 1 N–H and O–H groups in total. The molecule has 3 rings (SSSR count). The first-order valence-corrected chi connectivity index (χ1v) is 9.45. The summed E-state index contributed by atoms with van der Waals surface area (Å²) < 4.78 is 0. The average molecular weight is 378 g/mol. The summed E-state index contributed by atoms with van der Waals surface area (Å²) in [6.07, 6.45) is 0.744. The Morgan fingerprint density at radius 1 is 1.04 bits per heavy atom. The Hall–Kier alpha value is -2.92. The largest absolute Gasteiger partial charge is 0.507 e. The van der Waals surface area contributed by atoms with Crippen molar-refractivity contribution in [1.29, 1.82) is 0 Å². The molecule has 5 heteroatoms. The summed E-state index contributed by atoms with van der Waals surface area (Å²) in [6.45, 7) is 3.25. The van der Waals surface area contributed by atoms with E-state index in [0.717, 1.165) is 24.1 Å². The van der Waals surface area contributed by atoms with Crippen LogP contribution in [0.15, 0.2) is 60.2 Å². The predicted molar refractivity (Wildman–Crippen MR) is 110 cm³/mol. The zero-order valence-corrected chi connectivity index (χ0v) is 16.6. The first-order chi connectivity index (χ1) is 13.4. The predicted octanol–water partition coefficient (Wildman–Crippen LogP) is 3.37. The SMILES string of the molecule is Cc1ccc([C@H]2C(=C(O)c3ccccc3)C(=O)C(=O)N2CCCN(C)C)cc1. The molecular weight excluding hydrogens is 352 g/mol. The van der Waals surface area contributed by atoms with E-state index in [-0.39, 0.29) is 11.3 Å². The maximum absolute atomic E-state index is 12.9. The van der Waals surface area contributed by atoms with Gasteiger partial charge in [-0.25, -0.2) is 0 Å². The summed E-state index contributed by atoms with van der Waals surface area (Å²) in [5, 5.41) is 10.9. The Labute approximate surface area is 165 Å². The summed E-state index contributed by atoms with van der Waals surface area (Å²) in [5.41, 5.74) is 2.61. The van der Waals surface area contributed by atoms with Crippen molar-refractivity contribution in [3.63, 3.8) is 0 Å². The Morgan fingerprint density at radius 2 is 1.68 bits per heavy atom. The molecular formula is C23H26N2O3. The van der Waals surface area contributed by atoms with Crippen LogP contribution in [0.1, 0.15) is 29.2 Å². The highest BCUT2D eigenvalue weighted by molar-refractivity contribution is 6.46. The van der Waals surface area contributed by atoms with E-state index < -0.39 is 17.7 Å². The van der Waals surface area contributed by atoms with Gasteiger partial charge in [0, 0.05) is 12.1 Å². The average Bonchev–Trinajstić information content (AvgIpc) is 2.93. The van der Waals surface area contributed by atoms with Crippen LogP contribution in [0.25, 0.3) is 5.76 Å². The van der Waals surface area contributed by atoms with E-state index in [1.807, 2.05) is 56.3 Å². The zero-order chi connectivity index (χ0) is 20.3. The molecule has 28 heavy (non-hydrogen) atoms. The minimum absolute atomic E-state index is 0.125. The Balaban J connectivity index is 2.07. The number of aryl methyl sites for hydroxylation is 1. The monoisotopic (exact) mass is 378 g/mol. The first-order valence-electron chi connectivity index (χ1n) is 9.45. The molecule has 146 valence electrons. The van der Waals surface area contributed by atoms with Gasteiger partial charge in [-0.1, -0.05) is 60.2 Å². The van der Waals surface area contributed by atoms with Crippen molar-refractivity contribution in [2.45, 2.75) is 19.4 Å². The van der Waals surface area contributed by atoms with Crippen molar-refractivity contribution in [2.24, 2.45) is 0 Å². The van der Waals surface area contributed by atoms with Gasteiger partial charge in [0.05, 0.1) is 11.6 Å². The molecule has 2 aromatic carbocycles. The number of hydrogen-bond donors (Lipinski definition) is 1. The van der Waals surface area contributed by atoms with Gasteiger partial charge >= 0.3 is 0 Å². The number of rotatable bonds is 6. The van der Waals surface area contributed by atoms with Crippen molar-refractivity contribution < 1.29 is 14.7 Å². The van der Waals surface area contributed by atoms with E-state index in [0.29, 0.717) is 12.1 Å². The number of amides is 1. The lowest BCUT2D eigenvalue weighted by Crippen LogP contribution is -2.32. The molecule has 0 saturated carbocycles. The highest BCUT2D eigenvalue weighted by Crippen LogP contribution is 2.39. The summed E-state index contributed by atoms with van der Waals surface area (Å²) in [5.74, 6) is -1.31. The van der Waals surface area contributed by atoms with Crippen LogP contribution >= 0.6 is 0 Å². The lowest BCUT2D eigenvalue weighted by atomic mass is 9.94. The summed E-state index contributed by atoms with van der Waals surface area (Å²) in [7, 11) is 3.95. The lowest BCUT2D eigenvalue weighted by molar-refractivity contribution is -0.139. The van der Waals surface area contributed by atoms with Gasteiger partial charge in [-0.05, 0) is 39.5 Å². The van der Waals surface area contributed by atoms with E-state index in [9.17, 15) is 14.7 Å². The Morgan fingerprint density at radius 3 is 2.29 bits per heavy atom. The number of nitrogens with zero attached hydrogens (tertiary/aromatic N) is 2. The van der Waals surface area contributed by atoms with E-state index in [1.165, 1.54) is 0 Å². The molecule has 1 aliphatic rings. The number of aliphatic hydroxyl groups excluding tert-OH is 1. The minimum Gasteiger partial charge on any atom is -0.507 e. The molecule has 1 saturated heterocycles. The van der Waals surface area contributed by atoms with Gasteiger partial charge in [-0.15, -0.1) is 0 Å². The van der Waals surface area contributed by atoms with Crippen LogP contribution in [0, 0.1) is 6.92 Å². The van der Waals surface area contributed by atoms with Crippen molar-refractivity contribution in [3.05, 3.63) is 76.9 Å². The van der Waals surface area contributed by atoms with Crippen LogP contribution in [-0.2, 0) is 9.59 Å². The summed E-state index contributed by atoms with van der Waals surface area (Å²) in [4.78, 5) is 29.3. The third-order valence-electron chi connectivity index (χ3n) is 4.98. The second-order valence-corrected chi connectivity index (χ2v) is 7.43. The lowest BCUT2D eigenvalue weighted by Gasteiger charge is -2.26. The normalized spacial score (nSPS) is 18.9. The molecule has 2 aromatic rings. The van der Waals surface area contributed by atoms with Gasteiger partial charge in [0.1, 0.15) is 5.76 Å². The second-order valence-electron chi connectivity index (χ2n) is 7.43. The van der Waals surface area contributed by atoms with Crippen LogP contribution in [0.3, 0.4) is 0 Å². The fourth-order valence-corrected chi connectivity index (χ4v) is 3.51. The molecule has 0 spiro atoms. The molecule has 1 atom stereocenters. The van der Waals surface area contributed by atoms with Crippen molar-refractivity contribution >= 4 is 17.4 Å². The van der Waals surface area contributed by atoms with Crippen LogP contribution in [0.4, 0.5) is 0 Å². The molecule has 0 bridgehead atoms. The number of carbonyl (C=O) groups excluding carboxylic acids is 2. The minimum atomic E-state index is -0.628. The second kappa shape index (κ2) is 8.40. The zero-order valence-electron chi connectivity index (χ0n) is 16.6. The maximum Gasteiger partial charge on any atom is 0.295 e. The van der Waals surface area contributed by atoms with Gasteiger partial charge in [-0.3, -0.25) is 9.59 Å². The molecule has 1 aliphatic heterocycles. The number of hydrogen-bond acceptors (Lipinski definition) is 4. The number of carbonyl (C=O) groups is 2. The highest BCUT2D eigenvalue weighted by atomic mass is 16.3. The number of likely N-dealkylation sites (tertiary alicyclic amines) is 1. The highest BCUT2D eigenvalue weighted by Gasteiger charge is 2.45.